The molecule has 0 rings (SSSR count). The summed E-state index contributed by atoms with van der Waals surface area (Å²) in [7, 11) is 1.60. The van der Waals surface area contributed by atoms with Crippen LogP contribution in [0, 0.1) is 15.3 Å². The molecule has 8 heteroatoms. The fourth-order valence-corrected chi connectivity index (χ4v) is 0.937. The highest BCUT2D eigenvalue weighted by Crippen LogP contribution is 2.16. The highest BCUT2D eigenvalue weighted by molar-refractivity contribution is 4.40. The molecule has 0 spiro atoms. The van der Waals surface area contributed by atoms with Gasteiger partial charge in [-0.2, -0.15) is 0 Å². The van der Waals surface area contributed by atoms with Gasteiger partial charge >= 0.3 is 0 Å². The summed E-state index contributed by atoms with van der Waals surface area (Å²) in [6.07, 6.45) is -2.35. The fourth-order valence-electron chi connectivity index (χ4n) is 0.937. The molecule has 8 nitrogen and oxygen atoms in total. The molecule has 0 aliphatic rings. The van der Waals surface area contributed by atoms with Gasteiger partial charge in [-0.3, -0.25) is 4.48 Å². The smallest absolute Gasteiger partial charge is 0.191 e. The minimum Gasteiger partial charge on any atom is -0.356 e. The third-order valence-electron chi connectivity index (χ3n) is 2.42. The van der Waals surface area contributed by atoms with Crippen LogP contribution in [-0.2, 0) is 0 Å². The van der Waals surface area contributed by atoms with E-state index in [1.165, 1.54) is 0 Å². The maximum absolute atomic E-state index is 9.26. The van der Waals surface area contributed by atoms with E-state index in [-0.39, 0.29) is 4.48 Å². The van der Waals surface area contributed by atoms with Crippen molar-refractivity contribution in [2.24, 2.45) is 0 Å². The summed E-state index contributed by atoms with van der Waals surface area (Å²) >= 11 is 0. The molecule has 3 unspecified atom stereocenters. The molecule has 3 atom stereocenters. The van der Waals surface area contributed by atoms with E-state index >= 15 is 0 Å². The van der Waals surface area contributed by atoms with Crippen molar-refractivity contribution in [1.29, 1.82) is 0 Å². The number of aliphatic hydroxyl groups is 3. The summed E-state index contributed by atoms with van der Waals surface area (Å²) < 4.78 is -0.167. The zero-order valence-electron chi connectivity index (χ0n) is 9.19. The van der Waals surface area contributed by atoms with Crippen molar-refractivity contribution in [3.63, 3.8) is 0 Å². The summed E-state index contributed by atoms with van der Waals surface area (Å²) in [5.74, 6) is 0. The van der Waals surface area contributed by atoms with Gasteiger partial charge in [0.1, 0.15) is 0 Å². The van der Waals surface area contributed by atoms with Gasteiger partial charge in [-0.15, -0.1) is 0 Å². The predicted octanol–water partition coefficient (Wildman–Crippen LogP) is -0.791. The number of nitrogens with zero attached hydrogens (tertiary/aromatic N) is 2. The molecule has 92 valence electrons. The van der Waals surface area contributed by atoms with Crippen molar-refractivity contribution >= 4 is 0 Å². The summed E-state index contributed by atoms with van der Waals surface area (Å²) in [6, 6.07) is 0. The minimum atomic E-state index is -1.75. The van der Waals surface area contributed by atoms with Crippen LogP contribution in [0.1, 0.15) is 20.8 Å². The molecule has 3 N–H and O–H groups in total. The molecular weight excluding hydrogens is 208 g/mol. The van der Waals surface area contributed by atoms with Crippen molar-refractivity contribution < 1.29 is 24.9 Å². The second kappa shape index (κ2) is 6.51. The zero-order chi connectivity index (χ0) is 12.8. The first-order valence-corrected chi connectivity index (χ1v) is 4.28. The van der Waals surface area contributed by atoms with Crippen LogP contribution in [0.15, 0.2) is 0 Å². The van der Waals surface area contributed by atoms with Gasteiger partial charge in [-0.1, -0.05) is 0 Å². The van der Waals surface area contributed by atoms with Gasteiger partial charge in [0.2, 0.25) is 0 Å². The van der Waals surface area contributed by atoms with Gasteiger partial charge in [0.05, 0.1) is 12.1 Å². The Morgan fingerprint density at radius 2 is 1.13 bits per heavy atom. The summed E-state index contributed by atoms with van der Waals surface area (Å²) in [4.78, 5) is 8.25. The SMILES string of the molecule is CC(O)[N+](C)(C(C)O)C(C)O.O=[N+]([O-])[O-]. The molecule has 0 aromatic rings. The van der Waals surface area contributed by atoms with Crippen LogP contribution in [0.3, 0.4) is 0 Å². The topological polar surface area (TPSA) is 127 Å². The van der Waals surface area contributed by atoms with Crippen LogP contribution in [0.25, 0.3) is 0 Å². The number of quaternary nitrogens is 1. The Morgan fingerprint density at radius 3 is 1.13 bits per heavy atom. The third kappa shape index (κ3) is 5.47. The van der Waals surface area contributed by atoms with E-state index < -0.39 is 23.8 Å². The van der Waals surface area contributed by atoms with Crippen LogP contribution in [-0.4, -0.2) is 50.6 Å². The predicted molar refractivity (Wildman–Crippen MR) is 51.6 cm³/mol. The van der Waals surface area contributed by atoms with E-state index in [0.717, 1.165) is 0 Å². The Balaban J connectivity index is 0. The molecule has 15 heavy (non-hydrogen) atoms. The third-order valence-corrected chi connectivity index (χ3v) is 2.42. The first kappa shape index (κ1) is 16.5. The Morgan fingerprint density at radius 1 is 1.00 bits per heavy atom. The first-order chi connectivity index (χ1) is 6.56. The molecule has 0 heterocycles. The monoisotopic (exact) mass is 226 g/mol. The quantitative estimate of drug-likeness (QED) is 0.250. The van der Waals surface area contributed by atoms with E-state index in [2.05, 4.69) is 0 Å². The number of hydrogen-bond acceptors (Lipinski definition) is 6. The Hall–Kier alpha value is -0.960. The van der Waals surface area contributed by atoms with Crippen molar-refractivity contribution in [2.45, 2.75) is 39.5 Å². The van der Waals surface area contributed by atoms with Crippen LogP contribution in [0.2, 0.25) is 0 Å². The second-order valence-corrected chi connectivity index (χ2v) is 3.34. The first-order valence-electron chi connectivity index (χ1n) is 4.28. The maximum Gasteiger partial charge on any atom is 0.191 e. The lowest BCUT2D eigenvalue weighted by Crippen LogP contribution is -2.61. The lowest BCUT2D eigenvalue weighted by atomic mass is 10.3. The van der Waals surface area contributed by atoms with Crippen LogP contribution < -0.4 is 0 Å². The Bertz CT molecular complexity index is 168. The molecule has 0 saturated heterocycles. The van der Waals surface area contributed by atoms with E-state index in [1.54, 1.807) is 27.8 Å². The molecule has 0 aromatic carbocycles. The average Bonchev–Trinajstić information content (AvgIpc) is 2.00. The van der Waals surface area contributed by atoms with Gasteiger partial charge in [-0.25, -0.2) is 0 Å². The average molecular weight is 226 g/mol. The van der Waals surface area contributed by atoms with Crippen LogP contribution in [0.4, 0.5) is 0 Å². The van der Waals surface area contributed by atoms with Crippen LogP contribution in [0.5, 0.6) is 0 Å². The number of hydrogen-bond donors (Lipinski definition) is 3. The standard InChI is InChI=1S/C7H18NO3.NO3/c1-5(9)8(4,6(2)10)7(3)11;2-1(3)4/h5-7,9-11H,1-4H3;/q+1;-1. The van der Waals surface area contributed by atoms with E-state index in [9.17, 15) is 15.3 Å². The number of aliphatic hydroxyl groups excluding tert-OH is 3. The molecule has 0 fully saturated rings. The molecular formula is C7H18N2O6. The molecule has 0 amide bonds. The van der Waals surface area contributed by atoms with Gasteiger partial charge in [0.15, 0.2) is 18.7 Å². The number of rotatable bonds is 3. The van der Waals surface area contributed by atoms with Gasteiger partial charge in [0, 0.05) is 20.8 Å². The Labute approximate surface area is 87.7 Å². The minimum absolute atomic E-state index is 0.167. The highest BCUT2D eigenvalue weighted by Gasteiger charge is 2.37. The normalized spacial score (nSPS) is 20.2. The maximum atomic E-state index is 9.26. The molecule has 0 aromatic heterocycles. The summed E-state index contributed by atoms with van der Waals surface area (Å²) in [5.41, 5.74) is 0. The zero-order valence-corrected chi connectivity index (χ0v) is 9.19. The lowest BCUT2D eigenvalue weighted by Gasteiger charge is -2.41. The largest absolute Gasteiger partial charge is 0.356 e. The van der Waals surface area contributed by atoms with Crippen molar-refractivity contribution in [3.8, 4) is 0 Å². The van der Waals surface area contributed by atoms with Gasteiger partial charge < -0.3 is 30.6 Å². The molecule has 0 aliphatic heterocycles. The van der Waals surface area contributed by atoms with E-state index in [1.807, 2.05) is 0 Å². The molecule has 0 aliphatic carbocycles. The molecule has 0 bridgehead atoms. The summed E-state index contributed by atoms with van der Waals surface area (Å²) in [5, 5.41) is 42.5. The van der Waals surface area contributed by atoms with Gasteiger partial charge in [-0.05, 0) is 0 Å². The van der Waals surface area contributed by atoms with Crippen molar-refractivity contribution in [1.82, 2.24) is 0 Å². The Kier molecular flexibility index (Phi) is 7.15. The van der Waals surface area contributed by atoms with E-state index in [4.69, 9.17) is 15.3 Å². The second-order valence-electron chi connectivity index (χ2n) is 3.34. The lowest BCUT2D eigenvalue weighted by molar-refractivity contribution is -1.03. The fraction of sp³-hybridized carbons (Fsp3) is 1.00. The van der Waals surface area contributed by atoms with Crippen molar-refractivity contribution in [3.05, 3.63) is 15.3 Å². The summed E-state index contributed by atoms with van der Waals surface area (Å²) in [6.45, 7) is 4.62. The van der Waals surface area contributed by atoms with Crippen LogP contribution >= 0.6 is 0 Å². The highest BCUT2D eigenvalue weighted by atomic mass is 16.9. The molecule has 0 saturated carbocycles. The molecule has 0 radical (unpaired) electrons. The van der Waals surface area contributed by atoms with Gasteiger partial charge in [0.25, 0.3) is 0 Å². The van der Waals surface area contributed by atoms with E-state index in [0.29, 0.717) is 0 Å². The van der Waals surface area contributed by atoms with Crippen molar-refractivity contribution in [2.75, 3.05) is 7.05 Å².